The maximum absolute atomic E-state index is 5.91. The van der Waals surface area contributed by atoms with Gasteiger partial charge in [-0.1, -0.05) is 6.42 Å². The fraction of sp³-hybridized carbons (Fsp3) is 0.706. The van der Waals surface area contributed by atoms with E-state index in [0.29, 0.717) is 17.6 Å². The van der Waals surface area contributed by atoms with Crippen LogP contribution in [0.3, 0.4) is 0 Å². The van der Waals surface area contributed by atoms with Gasteiger partial charge in [-0.3, -0.25) is 4.99 Å². The summed E-state index contributed by atoms with van der Waals surface area (Å²) in [6.45, 7) is 3.71. The molecule has 0 aromatic carbocycles. The minimum absolute atomic E-state index is 0.361. The van der Waals surface area contributed by atoms with Crippen molar-refractivity contribution in [3.63, 3.8) is 0 Å². The van der Waals surface area contributed by atoms with E-state index in [1.54, 1.807) is 0 Å². The van der Waals surface area contributed by atoms with Gasteiger partial charge in [0, 0.05) is 51.1 Å². The van der Waals surface area contributed by atoms with Gasteiger partial charge in [0.15, 0.2) is 5.96 Å². The Kier molecular flexibility index (Phi) is 4.43. The molecule has 0 bridgehead atoms. The Bertz CT molecular complexity index is 533. The summed E-state index contributed by atoms with van der Waals surface area (Å²) < 4.78 is 7.97. The molecule has 0 saturated heterocycles. The van der Waals surface area contributed by atoms with Crippen LogP contribution in [0.4, 0.5) is 0 Å². The lowest BCUT2D eigenvalue weighted by molar-refractivity contribution is -0.168. The van der Waals surface area contributed by atoms with Gasteiger partial charge in [0.05, 0.1) is 6.10 Å². The Balaban J connectivity index is 1.53. The Hall–Kier alpha value is -1.49. The van der Waals surface area contributed by atoms with Gasteiger partial charge in [-0.05, 0) is 37.8 Å². The molecule has 3 rings (SSSR count). The molecule has 2 saturated carbocycles. The molecule has 2 fully saturated rings. The van der Waals surface area contributed by atoms with Crippen molar-refractivity contribution in [1.82, 2.24) is 15.2 Å². The van der Waals surface area contributed by atoms with Gasteiger partial charge in [-0.25, -0.2) is 0 Å². The Morgan fingerprint density at radius 2 is 2.32 bits per heavy atom. The average Bonchev–Trinajstić information content (AvgIpc) is 2.85. The Labute approximate surface area is 133 Å². The fourth-order valence-electron chi connectivity index (χ4n) is 3.85. The number of guanidine groups is 1. The molecule has 5 nitrogen and oxygen atoms in total. The van der Waals surface area contributed by atoms with Crippen molar-refractivity contribution in [2.45, 2.75) is 51.3 Å². The molecule has 1 aromatic heterocycles. The molecule has 1 aromatic rings. The van der Waals surface area contributed by atoms with Crippen molar-refractivity contribution >= 4 is 5.96 Å². The van der Waals surface area contributed by atoms with Crippen LogP contribution >= 0.6 is 0 Å². The third-order valence-electron chi connectivity index (χ3n) is 5.33. The highest BCUT2D eigenvalue weighted by Gasteiger charge is 2.59. The van der Waals surface area contributed by atoms with Gasteiger partial charge in [0.1, 0.15) is 0 Å². The average molecular weight is 304 g/mol. The van der Waals surface area contributed by atoms with Gasteiger partial charge in [0.2, 0.25) is 0 Å². The predicted octanol–water partition coefficient (Wildman–Crippen LogP) is 2.04. The minimum atomic E-state index is 0.361. The number of nitrogens with one attached hydrogen (secondary N) is 2. The van der Waals surface area contributed by atoms with Crippen LogP contribution in [-0.4, -0.2) is 36.3 Å². The predicted molar refractivity (Wildman–Crippen MR) is 88.9 cm³/mol. The van der Waals surface area contributed by atoms with E-state index in [1.807, 2.05) is 14.1 Å². The first kappa shape index (κ1) is 15.4. The molecule has 0 amide bonds. The van der Waals surface area contributed by atoms with Gasteiger partial charge in [0.25, 0.3) is 0 Å². The topological polar surface area (TPSA) is 50.6 Å². The van der Waals surface area contributed by atoms with Crippen LogP contribution in [0.5, 0.6) is 0 Å². The number of hydrogen-bond donors (Lipinski definition) is 2. The molecule has 2 unspecified atom stereocenters. The minimum Gasteiger partial charge on any atom is -0.378 e. The van der Waals surface area contributed by atoms with Crippen LogP contribution in [0.25, 0.3) is 0 Å². The molecule has 1 heterocycles. The summed E-state index contributed by atoms with van der Waals surface area (Å²) in [4.78, 5) is 4.37. The van der Waals surface area contributed by atoms with E-state index < -0.39 is 0 Å². The Morgan fingerprint density at radius 1 is 1.50 bits per heavy atom. The largest absolute Gasteiger partial charge is 0.378 e. The van der Waals surface area contributed by atoms with E-state index in [1.165, 1.54) is 24.8 Å². The first-order valence-electron chi connectivity index (χ1n) is 8.37. The van der Waals surface area contributed by atoms with Crippen molar-refractivity contribution in [3.8, 4) is 0 Å². The van der Waals surface area contributed by atoms with E-state index in [4.69, 9.17) is 4.74 Å². The third-order valence-corrected chi connectivity index (χ3v) is 5.33. The number of hydrogen-bond acceptors (Lipinski definition) is 2. The van der Waals surface area contributed by atoms with Crippen LogP contribution in [0.1, 0.15) is 38.2 Å². The van der Waals surface area contributed by atoms with Crippen LogP contribution in [0.2, 0.25) is 0 Å². The lowest BCUT2D eigenvalue weighted by Gasteiger charge is -2.61. The second kappa shape index (κ2) is 6.32. The fourth-order valence-corrected chi connectivity index (χ4v) is 3.85. The van der Waals surface area contributed by atoms with Crippen molar-refractivity contribution < 1.29 is 4.74 Å². The van der Waals surface area contributed by atoms with Crippen molar-refractivity contribution in [2.24, 2.45) is 17.5 Å². The van der Waals surface area contributed by atoms with Gasteiger partial charge < -0.3 is 19.9 Å². The highest BCUT2D eigenvalue weighted by molar-refractivity contribution is 5.80. The smallest absolute Gasteiger partial charge is 0.191 e. The van der Waals surface area contributed by atoms with E-state index >= 15 is 0 Å². The zero-order chi connectivity index (χ0) is 15.6. The molecule has 0 aliphatic heterocycles. The summed E-state index contributed by atoms with van der Waals surface area (Å²) in [5.41, 5.74) is 1.63. The normalized spacial score (nSPS) is 26.4. The SMILES string of the molecule is CCOC1CC(NC(=NC)NCc2ccn(C)c2)C12CCC2. The Morgan fingerprint density at radius 3 is 2.86 bits per heavy atom. The lowest BCUT2D eigenvalue weighted by Crippen LogP contribution is -2.68. The first-order valence-corrected chi connectivity index (χ1v) is 8.37. The van der Waals surface area contributed by atoms with Crippen LogP contribution in [0, 0.1) is 5.41 Å². The molecule has 5 heteroatoms. The monoisotopic (exact) mass is 304 g/mol. The second-order valence-electron chi connectivity index (χ2n) is 6.57. The van der Waals surface area contributed by atoms with Crippen LogP contribution < -0.4 is 10.6 Å². The van der Waals surface area contributed by atoms with Crippen molar-refractivity contribution in [1.29, 1.82) is 0 Å². The number of rotatable bonds is 5. The van der Waals surface area contributed by atoms with Gasteiger partial charge in [-0.2, -0.15) is 0 Å². The summed E-state index contributed by atoms with van der Waals surface area (Å²) in [5.74, 6) is 0.898. The van der Waals surface area contributed by atoms with E-state index in [9.17, 15) is 0 Å². The summed E-state index contributed by atoms with van der Waals surface area (Å²) >= 11 is 0. The number of aromatic nitrogens is 1. The highest BCUT2D eigenvalue weighted by Crippen LogP contribution is 2.57. The van der Waals surface area contributed by atoms with Gasteiger partial charge in [-0.15, -0.1) is 0 Å². The standard InChI is InChI=1S/C17H28N4O/c1-4-22-15-10-14(17(15)7-5-8-17)20-16(18-2)19-11-13-6-9-21(3)12-13/h6,9,12,14-15H,4-5,7-8,10-11H2,1-3H3,(H2,18,19,20). The first-order chi connectivity index (χ1) is 10.7. The lowest BCUT2D eigenvalue weighted by atomic mass is 9.51. The summed E-state index contributed by atoms with van der Waals surface area (Å²) in [6.07, 6.45) is 9.63. The molecule has 2 aliphatic carbocycles. The molecule has 2 N–H and O–H groups in total. The van der Waals surface area contributed by atoms with Gasteiger partial charge >= 0.3 is 0 Å². The summed E-state index contributed by atoms with van der Waals surface area (Å²) in [7, 11) is 3.88. The molecular formula is C17H28N4O. The van der Waals surface area contributed by atoms with Crippen LogP contribution in [-0.2, 0) is 18.3 Å². The van der Waals surface area contributed by atoms with E-state index in [-0.39, 0.29) is 0 Å². The molecule has 2 atom stereocenters. The molecule has 22 heavy (non-hydrogen) atoms. The molecule has 0 radical (unpaired) electrons. The maximum Gasteiger partial charge on any atom is 0.191 e. The van der Waals surface area contributed by atoms with E-state index in [0.717, 1.165) is 25.5 Å². The number of nitrogens with zero attached hydrogens (tertiary/aromatic N) is 2. The molecule has 2 aliphatic rings. The maximum atomic E-state index is 5.91. The zero-order valence-corrected chi connectivity index (χ0v) is 13.9. The second-order valence-corrected chi connectivity index (χ2v) is 6.57. The highest BCUT2D eigenvalue weighted by atomic mass is 16.5. The van der Waals surface area contributed by atoms with Crippen molar-refractivity contribution in [2.75, 3.05) is 13.7 Å². The van der Waals surface area contributed by atoms with Crippen LogP contribution in [0.15, 0.2) is 23.5 Å². The number of aliphatic imine (C=N–C) groups is 1. The summed E-state index contributed by atoms with van der Waals surface area (Å²) in [6, 6.07) is 2.63. The number of aryl methyl sites for hydroxylation is 1. The third kappa shape index (κ3) is 2.74. The molecular weight excluding hydrogens is 276 g/mol. The quantitative estimate of drug-likeness (QED) is 0.646. The van der Waals surface area contributed by atoms with E-state index in [2.05, 4.69) is 45.6 Å². The van der Waals surface area contributed by atoms with Crippen molar-refractivity contribution in [3.05, 3.63) is 24.0 Å². The zero-order valence-electron chi connectivity index (χ0n) is 13.9. The summed E-state index contributed by atoms with van der Waals surface area (Å²) in [5, 5.41) is 7.03. The molecule has 1 spiro atoms. The number of ether oxygens (including phenoxy) is 1. The molecule has 122 valence electrons.